The Balaban J connectivity index is 2.86. The maximum absolute atomic E-state index is 12.2. The third-order valence-corrected chi connectivity index (χ3v) is 3.84. The quantitative estimate of drug-likeness (QED) is 0.572. The topological polar surface area (TPSA) is 94.8 Å². The van der Waals surface area contributed by atoms with Crippen molar-refractivity contribution in [3.05, 3.63) is 38.5 Å². The van der Waals surface area contributed by atoms with Crippen molar-refractivity contribution in [2.75, 3.05) is 0 Å². The van der Waals surface area contributed by atoms with E-state index in [9.17, 15) is 24.9 Å². The van der Waals surface area contributed by atoms with E-state index in [4.69, 9.17) is 0 Å². The number of hydrogen-bond donors (Lipinski definition) is 3. The summed E-state index contributed by atoms with van der Waals surface area (Å²) in [7, 11) is 0. The van der Waals surface area contributed by atoms with Crippen LogP contribution in [0, 0.1) is 5.92 Å². The minimum Gasteiger partial charge on any atom is -0.504 e. The van der Waals surface area contributed by atoms with Crippen LogP contribution < -0.4 is 5.43 Å². The summed E-state index contributed by atoms with van der Waals surface area (Å²) in [4.78, 5) is 24.4. The van der Waals surface area contributed by atoms with Crippen molar-refractivity contribution >= 4 is 32.5 Å². The lowest BCUT2D eigenvalue weighted by atomic mass is 10.0. The van der Waals surface area contributed by atoms with E-state index in [1.54, 1.807) is 0 Å². The number of Topliss-reactive ketones (excluding diaryl/α,β-unsaturated/α-hetero) is 1. The Morgan fingerprint density at radius 2 is 1.77 bits per heavy atom. The summed E-state index contributed by atoms with van der Waals surface area (Å²) >= 11 is 3.07. The number of hydrogen-bond acceptors (Lipinski definition) is 5. The fourth-order valence-electron chi connectivity index (χ4n) is 2.20. The van der Waals surface area contributed by atoms with E-state index in [1.165, 1.54) is 12.1 Å². The number of halogens is 1. The van der Waals surface area contributed by atoms with Crippen molar-refractivity contribution in [2.45, 2.75) is 20.3 Å². The molecule has 0 radical (unpaired) electrons. The van der Waals surface area contributed by atoms with Gasteiger partial charge in [0.05, 0.1) is 9.86 Å². The van der Waals surface area contributed by atoms with E-state index < -0.39 is 22.7 Å². The van der Waals surface area contributed by atoms with Crippen molar-refractivity contribution in [1.82, 2.24) is 0 Å². The predicted octanol–water partition coefficient (Wildman–Crippen LogP) is 3.31. The molecule has 0 heterocycles. The minimum atomic E-state index is -0.848. The van der Waals surface area contributed by atoms with Crippen molar-refractivity contribution in [1.29, 1.82) is 0 Å². The summed E-state index contributed by atoms with van der Waals surface area (Å²) in [5.74, 6) is -1.87. The van der Waals surface area contributed by atoms with Gasteiger partial charge in [-0.05, 0) is 45.4 Å². The number of ketones is 1. The largest absolute Gasteiger partial charge is 0.504 e. The number of benzene rings is 1. The zero-order valence-corrected chi connectivity index (χ0v) is 13.6. The molecule has 0 saturated carbocycles. The molecule has 5 nitrogen and oxygen atoms in total. The monoisotopic (exact) mass is 366 g/mol. The molecule has 0 spiro atoms. The van der Waals surface area contributed by atoms with Crippen molar-refractivity contribution in [2.24, 2.45) is 5.92 Å². The van der Waals surface area contributed by atoms with Crippen molar-refractivity contribution in [3.8, 4) is 17.2 Å². The second-order valence-corrected chi connectivity index (χ2v) is 6.35. The maximum Gasteiger partial charge on any atom is 0.231 e. The summed E-state index contributed by atoms with van der Waals surface area (Å²) in [6, 6.07) is 3.93. The van der Waals surface area contributed by atoms with Gasteiger partial charge in [-0.1, -0.05) is 13.8 Å². The molecule has 0 aliphatic heterocycles. The van der Waals surface area contributed by atoms with E-state index in [0.29, 0.717) is 0 Å². The van der Waals surface area contributed by atoms with Gasteiger partial charge in [-0.25, -0.2) is 0 Å². The van der Waals surface area contributed by atoms with E-state index in [-0.39, 0.29) is 38.9 Å². The van der Waals surface area contributed by atoms with Crippen LogP contribution in [0.2, 0.25) is 0 Å². The van der Waals surface area contributed by atoms with Gasteiger partial charge in [0, 0.05) is 12.0 Å². The zero-order chi connectivity index (χ0) is 16.6. The summed E-state index contributed by atoms with van der Waals surface area (Å²) in [6.45, 7) is 3.77. The van der Waals surface area contributed by atoms with Crippen molar-refractivity contribution < 1.29 is 20.1 Å². The zero-order valence-electron chi connectivity index (χ0n) is 12.1. The lowest BCUT2D eigenvalue weighted by molar-refractivity contribution is 0.0967. The molecule has 0 bridgehead atoms. The molecule has 0 fully saturated rings. The first-order valence-corrected chi connectivity index (χ1v) is 7.46. The molecule has 0 saturated heterocycles. The first-order valence-electron chi connectivity index (χ1n) is 6.67. The summed E-state index contributed by atoms with van der Waals surface area (Å²) in [6.07, 6.45) is 0.268. The number of carbonyl (C=O) groups is 1. The van der Waals surface area contributed by atoms with Gasteiger partial charge in [-0.2, -0.15) is 0 Å². The van der Waals surface area contributed by atoms with Crippen LogP contribution in [-0.4, -0.2) is 21.1 Å². The van der Waals surface area contributed by atoms with E-state index in [1.807, 2.05) is 13.8 Å². The molecule has 0 atom stereocenters. The second kappa shape index (κ2) is 5.96. The lowest BCUT2D eigenvalue weighted by Gasteiger charge is -2.04. The molecule has 0 aliphatic rings. The van der Waals surface area contributed by atoms with Gasteiger partial charge in [-0.15, -0.1) is 0 Å². The van der Waals surface area contributed by atoms with Crippen LogP contribution in [0.25, 0.3) is 10.8 Å². The van der Waals surface area contributed by atoms with Crippen LogP contribution in [-0.2, 0) is 0 Å². The average molecular weight is 367 g/mol. The Bertz CT molecular complexity index is 827. The van der Waals surface area contributed by atoms with Crippen LogP contribution in [0.5, 0.6) is 17.2 Å². The van der Waals surface area contributed by atoms with E-state index in [0.717, 1.165) is 6.07 Å². The standard InChI is InChI=1S/C16H15BrO5/c1-7(2)3-11(18)8-4-9-5-10(17)14(20)16(22)13(9)15(21)12(19)6-8/h4-7,20,22H,3H2,1-2H3,(H,19,21). The lowest BCUT2D eigenvalue weighted by Crippen LogP contribution is -2.02. The summed E-state index contributed by atoms with van der Waals surface area (Å²) < 4.78 is 0.185. The van der Waals surface area contributed by atoms with Gasteiger partial charge in [0.25, 0.3) is 0 Å². The third kappa shape index (κ3) is 2.92. The van der Waals surface area contributed by atoms with Gasteiger partial charge in [0.2, 0.25) is 5.43 Å². The molecule has 0 unspecified atom stereocenters. The van der Waals surface area contributed by atoms with Crippen LogP contribution in [0.15, 0.2) is 27.5 Å². The number of carbonyl (C=O) groups excluding carboxylic acids is 1. The molecule has 0 aliphatic carbocycles. The molecule has 116 valence electrons. The second-order valence-electron chi connectivity index (χ2n) is 5.50. The first-order chi connectivity index (χ1) is 10.2. The Morgan fingerprint density at radius 3 is 2.36 bits per heavy atom. The van der Waals surface area contributed by atoms with Gasteiger partial charge in [0.15, 0.2) is 23.0 Å². The number of phenolic OH excluding ortho intramolecular Hbond substituents is 2. The SMILES string of the molecule is CC(C)CC(=O)c1cc(O)c(=O)c2c(O)c(O)c(Br)cc2c1. The number of phenols is 2. The first kappa shape index (κ1) is 16.3. The number of aromatic hydroxyl groups is 3. The normalized spacial score (nSPS) is 11.1. The summed E-state index contributed by atoms with van der Waals surface area (Å²) in [5, 5.41) is 29.5. The van der Waals surface area contributed by atoms with Crippen LogP contribution in [0.1, 0.15) is 30.6 Å². The third-order valence-electron chi connectivity index (χ3n) is 3.24. The van der Waals surface area contributed by atoms with E-state index in [2.05, 4.69) is 15.9 Å². The maximum atomic E-state index is 12.2. The Kier molecular flexibility index (Phi) is 4.42. The average Bonchev–Trinajstić information content (AvgIpc) is 2.54. The molecule has 0 aromatic heterocycles. The van der Waals surface area contributed by atoms with Crippen LogP contribution >= 0.6 is 15.9 Å². The molecule has 22 heavy (non-hydrogen) atoms. The van der Waals surface area contributed by atoms with Crippen molar-refractivity contribution in [3.63, 3.8) is 0 Å². The molecular formula is C16H15BrO5. The fourth-order valence-corrected chi connectivity index (χ4v) is 2.63. The molecule has 0 amide bonds. The highest BCUT2D eigenvalue weighted by Crippen LogP contribution is 2.39. The number of rotatable bonds is 3. The highest BCUT2D eigenvalue weighted by atomic mass is 79.9. The summed E-state index contributed by atoms with van der Waals surface area (Å²) in [5.41, 5.74) is -0.672. The van der Waals surface area contributed by atoms with Crippen LogP contribution in [0.4, 0.5) is 0 Å². The predicted molar refractivity (Wildman–Crippen MR) is 86.7 cm³/mol. The Labute approximate surface area is 135 Å². The molecular weight excluding hydrogens is 352 g/mol. The highest BCUT2D eigenvalue weighted by molar-refractivity contribution is 9.10. The smallest absolute Gasteiger partial charge is 0.231 e. The van der Waals surface area contributed by atoms with Crippen LogP contribution in [0.3, 0.4) is 0 Å². The Hall–Kier alpha value is -2.08. The van der Waals surface area contributed by atoms with Gasteiger partial charge < -0.3 is 15.3 Å². The van der Waals surface area contributed by atoms with Gasteiger partial charge in [0.1, 0.15) is 0 Å². The molecule has 3 N–H and O–H groups in total. The van der Waals surface area contributed by atoms with E-state index >= 15 is 0 Å². The highest BCUT2D eigenvalue weighted by Gasteiger charge is 2.17. The molecule has 2 rings (SSSR count). The fraction of sp³-hybridized carbons (Fsp3) is 0.250. The van der Waals surface area contributed by atoms with Gasteiger partial charge in [-0.3, -0.25) is 9.59 Å². The molecule has 2 aromatic rings. The van der Waals surface area contributed by atoms with Gasteiger partial charge >= 0.3 is 0 Å². The molecule has 6 heteroatoms. The molecule has 2 aromatic carbocycles. The Morgan fingerprint density at radius 1 is 1.14 bits per heavy atom. The minimum absolute atomic E-state index is 0.127. The number of fused-ring (bicyclic) bond motifs is 1.